The monoisotopic (exact) mass is 505 g/mol. The summed E-state index contributed by atoms with van der Waals surface area (Å²) in [6.07, 6.45) is 0.361. The van der Waals surface area contributed by atoms with E-state index in [1.165, 1.54) is 29.1 Å². The Morgan fingerprint density at radius 3 is 2.67 bits per heavy atom. The van der Waals surface area contributed by atoms with Crippen molar-refractivity contribution in [3.8, 4) is 22.7 Å². The second-order valence-corrected chi connectivity index (χ2v) is 7.89. The minimum absolute atomic E-state index is 0.0400. The number of unbranched alkanes of at least 4 members (excludes halogenated alkanes) is 1. The van der Waals surface area contributed by atoms with Gasteiger partial charge in [0.15, 0.2) is 0 Å². The zero-order valence-electron chi connectivity index (χ0n) is 19.8. The summed E-state index contributed by atoms with van der Waals surface area (Å²) in [5, 5.41) is 16.8. The number of imidazole rings is 1. The van der Waals surface area contributed by atoms with Gasteiger partial charge in [0.25, 0.3) is 5.69 Å². The first-order valence-electron chi connectivity index (χ1n) is 11.3. The largest absolute Gasteiger partial charge is 0.491 e. The average molecular weight is 505 g/mol. The van der Waals surface area contributed by atoms with Crippen LogP contribution in [0.15, 0.2) is 48.9 Å². The summed E-state index contributed by atoms with van der Waals surface area (Å²) < 4.78 is 47.2. The number of alkyl halides is 3. The maximum absolute atomic E-state index is 13.3. The lowest BCUT2D eigenvalue weighted by molar-refractivity contribution is -0.384. The lowest BCUT2D eigenvalue weighted by atomic mass is 10.1. The normalized spacial score (nSPS) is 11.2. The molecular formula is C24H26F3N5O4. The van der Waals surface area contributed by atoms with Crippen LogP contribution < -0.4 is 15.4 Å². The summed E-state index contributed by atoms with van der Waals surface area (Å²) in [6.45, 7) is 2.05. The Bertz CT molecular complexity index is 1230. The first kappa shape index (κ1) is 26.5. The van der Waals surface area contributed by atoms with Gasteiger partial charge in [-0.15, -0.1) is 0 Å². The van der Waals surface area contributed by atoms with Crippen LogP contribution in [0.25, 0.3) is 16.9 Å². The van der Waals surface area contributed by atoms with E-state index in [9.17, 15) is 28.1 Å². The molecule has 36 heavy (non-hydrogen) atoms. The van der Waals surface area contributed by atoms with Crippen LogP contribution in [0.2, 0.25) is 0 Å². The molecule has 0 saturated heterocycles. The number of nitrogens with zero attached hydrogens (tertiary/aromatic N) is 3. The number of halogens is 3. The number of hydrogen-bond acceptors (Lipinski definition) is 6. The molecule has 0 spiro atoms. The fraction of sp³-hybridized carbons (Fsp3) is 0.333. The third-order valence-corrected chi connectivity index (χ3v) is 5.35. The highest BCUT2D eigenvalue weighted by Crippen LogP contribution is 2.37. The van der Waals surface area contributed by atoms with Crippen molar-refractivity contribution in [3.05, 3.63) is 64.6 Å². The molecule has 1 amide bonds. The number of non-ortho nitro benzene ring substituents is 1. The van der Waals surface area contributed by atoms with Gasteiger partial charge in [0.05, 0.1) is 40.4 Å². The molecule has 0 fully saturated rings. The lowest BCUT2D eigenvalue weighted by Gasteiger charge is -2.14. The molecule has 192 valence electrons. The van der Waals surface area contributed by atoms with E-state index in [4.69, 9.17) is 4.74 Å². The molecule has 0 bridgehead atoms. The maximum atomic E-state index is 13.3. The van der Waals surface area contributed by atoms with Crippen molar-refractivity contribution in [2.24, 2.45) is 0 Å². The molecular weight excluding hydrogens is 479 g/mol. The van der Waals surface area contributed by atoms with Gasteiger partial charge in [0.1, 0.15) is 12.4 Å². The number of amides is 1. The van der Waals surface area contributed by atoms with Crippen molar-refractivity contribution in [3.63, 3.8) is 0 Å². The summed E-state index contributed by atoms with van der Waals surface area (Å²) in [5.41, 5.74) is 0.624. The smallest absolute Gasteiger partial charge is 0.416 e. The van der Waals surface area contributed by atoms with Crippen molar-refractivity contribution in [1.82, 2.24) is 14.9 Å². The van der Waals surface area contributed by atoms with Crippen molar-refractivity contribution < 1.29 is 27.6 Å². The Kier molecular flexibility index (Phi) is 8.51. The quantitative estimate of drug-likeness (QED) is 0.211. The van der Waals surface area contributed by atoms with Crippen LogP contribution >= 0.6 is 0 Å². The summed E-state index contributed by atoms with van der Waals surface area (Å²) in [7, 11) is 1.66. The summed E-state index contributed by atoms with van der Waals surface area (Å²) in [6, 6.07) is 7.35. The van der Waals surface area contributed by atoms with Gasteiger partial charge < -0.3 is 19.9 Å². The Hall–Kier alpha value is -4.09. The molecule has 0 atom stereocenters. The van der Waals surface area contributed by atoms with Gasteiger partial charge >= 0.3 is 6.18 Å². The van der Waals surface area contributed by atoms with E-state index in [0.717, 1.165) is 25.0 Å². The molecule has 12 heteroatoms. The Balaban J connectivity index is 1.89. The molecule has 0 aliphatic rings. The van der Waals surface area contributed by atoms with Gasteiger partial charge in [-0.2, -0.15) is 13.2 Å². The minimum Gasteiger partial charge on any atom is -0.491 e. The third kappa shape index (κ3) is 6.52. The van der Waals surface area contributed by atoms with E-state index in [1.807, 2.05) is 6.92 Å². The van der Waals surface area contributed by atoms with Gasteiger partial charge in [-0.3, -0.25) is 14.9 Å². The number of ether oxygens (including phenoxy) is 1. The highest BCUT2D eigenvalue weighted by atomic mass is 19.4. The number of rotatable bonds is 11. The van der Waals surface area contributed by atoms with Crippen LogP contribution in [-0.2, 0) is 11.0 Å². The zero-order valence-corrected chi connectivity index (χ0v) is 19.8. The fourth-order valence-electron chi connectivity index (χ4n) is 3.46. The van der Waals surface area contributed by atoms with Crippen LogP contribution in [0.4, 0.5) is 24.5 Å². The van der Waals surface area contributed by atoms with E-state index in [-0.39, 0.29) is 30.5 Å². The van der Waals surface area contributed by atoms with Gasteiger partial charge in [0.2, 0.25) is 5.91 Å². The standard InChI is InChI=1S/C24H26F3N5O4/c1-3-4-5-23(33)29-10-11-36-22-12-16(24(25,26)27)6-8-18(22)20-14-31(15-30-20)21-13-17(32(34)35)7-9-19(21)28-2/h6-9,12-15,28H,3-5,10-11H2,1-2H3,(H,29,33). The first-order chi connectivity index (χ1) is 17.1. The molecule has 2 N–H and O–H groups in total. The number of nitro groups is 1. The average Bonchev–Trinajstić information content (AvgIpc) is 3.34. The number of benzene rings is 2. The zero-order chi connectivity index (χ0) is 26.3. The Morgan fingerprint density at radius 2 is 2.00 bits per heavy atom. The number of carbonyl (C=O) groups is 1. The number of aromatic nitrogens is 2. The highest BCUT2D eigenvalue weighted by Gasteiger charge is 2.31. The highest BCUT2D eigenvalue weighted by molar-refractivity contribution is 5.75. The molecule has 0 radical (unpaired) electrons. The van der Waals surface area contributed by atoms with E-state index < -0.39 is 16.7 Å². The van der Waals surface area contributed by atoms with Gasteiger partial charge in [-0.05, 0) is 30.7 Å². The minimum atomic E-state index is -4.57. The Labute approximate surface area is 205 Å². The van der Waals surface area contributed by atoms with Crippen molar-refractivity contribution in [2.45, 2.75) is 32.4 Å². The van der Waals surface area contributed by atoms with Crippen molar-refractivity contribution in [1.29, 1.82) is 0 Å². The summed E-state index contributed by atoms with van der Waals surface area (Å²) >= 11 is 0. The first-order valence-corrected chi connectivity index (χ1v) is 11.3. The topological polar surface area (TPSA) is 111 Å². The summed E-state index contributed by atoms with van der Waals surface area (Å²) in [4.78, 5) is 26.7. The van der Waals surface area contributed by atoms with E-state index in [1.54, 1.807) is 19.3 Å². The number of hydrogen-bond donors (Lipinski definition) is 2. The van der Waals surface area contributed by atoms with Crippen molar-refractivity contribution >= 4 is 17.3 Å². The van der Waals surface area contributed by atoms with Crippen LogP contribution in [0.3, 0.4) is 0 Å². The number of carbonyl (C=O) groups excluding carboxylic acids is 1. The van der Waals surface area contributed by atoms with Crippen LogP contribution in [0.5, 0.6) is 5.75 Å². The molecule has 0 saturated carbocycles. The van der Waals surface area contributed by atoms with E-state index >= 15 is 0 Å². The second kappa shape index (κ2) is 11.6. The summed E-state index contributed by atoms with van der Waals surface area (Å²) in [5.74, 6) is -0.202. The van der Waals surface area contributed by atoms with E-state index in [2.05, 4.69) is 15.6 Å². The second-order valence-electron chi connectivity index (χ2n) is 7.89. The molecule has 3 aromatic rings. The lowest BCUT2D eigenvalue weighted by Crippen LogP contribution is -2.27. The molecule has 0 aliphatic carbocycles. The van der Waals surface area contributed by atoms with E-state index in [0.29, 0.717) is 29.1 Å². The van der Waals surface area contributed by atoms with Crippen LogP contribution in [0, 0.1) is 10.1 Å². The SMILES string of the molecule is CCCCC(=O)NCCOc1cc(C(F)(F)F)ccc1-c1cn(-c2cc([N+](=O)[O-])ccc2NC)cn1. The van der Waals surface area contributed by atoms with Crippen molar-refractivity contribution in [2.75, 3.05) is 25.5 Å². The van der Waals surface area contributed by atoms with Crippen LogP contribution in [-0.4, -0.2) is 40.6 Å². The predicted molar refractivity (Wildman–Crippen MR) is 128 cm³/mol. The maximum Gasteiger partial charge on any atom is 0.416 e. The fourth-order valence-corrected chi connectivity index (χ4v) is 3.46. The number of nitrogens with one attached hydrogen (secondary N) is 2. The number of anilines is 1. The molecule has 0 aliphatic heterocycles. The third-order valence-electron chi connectivity index (χ3n) is 5.35. The number of nitro benzene ring substituents is 1. The van der Waals surface area contributed by atoms with Gasteiger partial charge in [0, 0.05) is 37.4 Å². The molecule has 3 rings (SSSR count). The van der Waals surface area contributed by atoms with Gasteiger partial charge in [-0.1, -0.05) is 13.3 Å². The Morgan fingerprint density at radius 1 is 1.22 bits per heavy atom. The molecule has 0 unspecified atom stereocenters. The molecule has 2 aromatic carbocycles. The van der Waals surface area contributed by atoms with Crippen LogP contribution in [0.1, 0.15) is 31.7 Å². The molecule has 1 aromatic heterocycles. The van der Waals surface area contributed by atoms with Gasteiger partial charge in [-0.25, -0.2) is 4.98 Å². The predicted octanol–water partition coefficient (Wildman–Crippen LogP) is 5.19. The molecule has 1 heterocycles. The molecule has 9 nitrogen and oxygen atoms in total.